The summed E-state index contributed by atoms with van der Waals surface area (Å²) in [6.07, 6.45) is 0.122. The highest BCUT2D eigenvalue weighted by atomic mass is 19.1. The van der Waals surface area contributed by atoms with Crippen LogP contribution in [-0.4, -0.2) is 23.5 Å². The first-order valence-electron chi connectivity index (χ1n) is 8.95. The number of carbonyl (C=O) groups excluding carboxylic acids is 2. The van der Waals surface area contributed by atoms with Crippen molar-refractivity contribution in [1.82, 2.24) is 10.5 Å². The van der Waals surface area contributed by atoms with Crippen molar-refractivity contribution >= 4 is 17.5 Å². The first-order valence-corrected chi connectivity index (χ1v) is 8.95. The van der Waals surface area contributed by atoms with Crippen LogP contribution < -0.4 is 10.2 Å². The molecule has 1 atom stereocenters. The highest BCUT2D eigenvalue weighted by molar-refractivity contribution is 6.00. The van der Waals surface area contributed by atoms with Crippen LogP contribution in [-0.2, 0) is 16.1 Å². The van der Waals surface area contributed by atoms with Crippen molar-refractivity contribution in [3.63, 3.8) is 0 Å². The second-order valence-electron chi connectivity index (χ2n) is 6.65. The molecule has 2 amide bonds. The van der Waals surface area contributed by atoms with Gasteiger partial charge in [-0.25, -0.2) is 4.39 Å². The zero-order chi connectivity index (χ0) is 19.5. The first kappa shape index (κ1) is 17.9. The van der Waals surface area contributed by atoms with Gasteiger partial charge in [-0.05, 0) is 24.3 Å². The summed E-state index contributed by atoms with van der Waals surface area (Å²) < 4.78 is 18.4. The number of rotatable bonds is 5. The SMILES string of the molecule is O=C(NCc1cc(-c2ccccc2)on1)[C@@H]1CC(=O)N(c2ccc(F)cc2)C1. The molecule has 1 aromatic heterocycles. The van der Waals surface area contributed by atoms with Gasteiger partial charge in [0.25, 0.3) is 0 Å². The normalized spacial score (nSPS) is 16.4. The fourth-order valence-electron chi connectivity index (χ4n) is 3.21. The summed E-state index contributed by atoms with van der Waals surface area (Å²) in [4.78, 5) is 26.2. The Kier molecular flexibility index (Phi) is 4.89. The number of hydrogen-bond donors (Lipinski definition) is 1. The summed E-state index contributed by atoms with van der Waals surface area (Å²) in [5, 5.41) is 6.78. The van der Waals surface area contributed by atoms with E-state index in [0.29, 0.717) is 17.1 Å². The van der Waals surface area contributed by atoms with Crippen LogP contribution in [0.2, 0.25) is 0 Å². The number of nitrogens with zero attached hydrogens (tertiary/aromatic N) is 2. The maximum absolute atomic E-state index is 13.1. The van der Waals surface area contributed by atoms with Gasteiger partial charge in [0.05, 0.1) is 12.5 Å². The summed E-state index contributed by atoms with van der Waals surface area (Å²) in [6.45, 7) is 0.487. The summed E-state index contributed by atoms with van der Waals surface area (Å²) in [7, 11) is 0. The minimum atomic E-state index is -0.460. The third-order valence-electron chi connectivity index (χ3n) is 4.70. The molecule has 142 valence electrons. The summed E-state index contributed by atoms with van der Waals surface area (Å²) in [5.74, 6) is -0.574. The quantitative estimate of drug-likeness (QED) is 0.739. The lowest BCUT2D eigenvalue weighted by Crippen LogP contribution is -2.32. The maximum atomic E-state index is 13.1. The predicted molar refractivity (Wildman–Crippen MR) is 101 cm³/mol. The van der Waals surface area contributed by atoms with Crippen LogP contribution in [0.1, 0.15) is 12.1 Å². The van der Waals surface area contributed by atoms with Gasteiger partial charge in [-0.15, -0.1) is 0 Å². The molecule has 28 heavy (non-hydrogen) atoms. The molecule has 0 spiro atoms. The first-order chi connectivity index (χ1) is 13.6. The number of hydrogen-bond acceptors (Lipinski definition) is 4. The Bertz CT molecular complexity index is 986. The van der Waals surface area contributed by atoms with Crippen molar-refractivity contribution in [3.05, 3.63) is 72.2 Å². The van der Waals surface area contributed by atoms with Gasteiger partial charge >= 0.3 is 0 Å². The van der Waals surface area contributed by atoms with Crippen molar-refractivity contribution in [2.75, 3.05) is 11.4 Å². The molecule has 1 N–H and O–H groups in total. The van der Waals surface area contributed by atoms with Crippen molar-refractivity contribution in [2.24, 2.45) is 5.92 Å². The summed E-state index contributed by atoms with van der Waals surface area (Å²) in [5.41, 5.74) is 2.10. The van der Waals surface area contributed by atoms with E-state index in [-0.39, 0.29) is 37.1 Å². The van der Waals surface area contributed by atoms with E-state index >= 15 is 0 Å². The molecule has 3 aromatic rings. The molecule has 1 aliphatic heterocycles. The van der Waals surface area contributed by atoms with Crippen LogP contribution in [0.3, 0.4) is 0 Å². The number of nitrogens with one attached hydrogen (secondary N) is 1. The number of amides is 2. The molecular formula is C21H18FN3O3. The molecule has 2 heterocycles. The van der Waals surface area contributed by atoms with E-state index in [4.69, 9.17) is 4.52 Å². The molecule has 1 fully saturated rings. The van der Waals surface area contributed by atoms with Crippen molar-refractivity contribution in [1.29, 1.82) is 0 Å². The molecule has 4 rings (SSSR count). The predicted octanol–water partition coefficient (Wildman–Crippen LogP) is 3.15. The summed E-state index contributed by atoms with van der Waals surface area (Å²) in [6, 6.07) is 17.0. The molecule has 0 unspecified atom stereocenters. The lowest BCUT2D eigenvalue weighted by Gasteiger charge is -2.16. The van der Waals surface area contributed by atoms with Crippen molar-refractivity contribution in [3.8, 4) is 11.3 Å². The van der Waals surface area contributed by atoms with Gasteiger partial charge in [0, 0.05) is 30.3 Å². The highest BCUT2D eigenvalue weighted by Crippen LogP contribution is 2.25. The molecule has 2 aromatic carbocycles. The van der Waals surface area contributed by atoms with Gasteiger partial charge < -0.3 is 14.7 Å². The Labute approximate surface area is 160 Å². The van der Waals surface area contributed by atoms with Gasteiger partial charge in [-0.3, -0.25) is 9.59 Å². The lowest BCUT2D eigenvalue weighted by molar-refractivity contribution is -0.126. The van der Waals surface area contributed by atoms with E-state index in [1.807, 2.05) is 30.3 Å². The molecule has 0 bridgehead atoms. The number of anilines is 1. The Morgan fingerprint density at radius 1 is 1.18 bits per heavy atom. The molecule has 1 saturated heterocycles. The number of aromatic nitrogens is 1. The second-order valence-corrected chi connectivity index (χ2v) is 6.65. The standard InChI is InChI=1S/C21H18FN3O3/c22-16-6-8-18(9-7-16)25-13-15(10-20(25)26)21(27)23-12-17-11-19(28-24-17)14-4-2-1-3-5-14/h1-9,11,15H,10,12-13H2,(H,23,27)/t15-/m1/s1. The fourth-order valence-corrected chi connectivity index (χ4v) is 3.21. The van der Waals surface area contributed by atoms with E-state index in [1.165, 1.54) is 29.2 Å². The monoisotopic (exact) mass is 379 g/mol. The van der Waals surface area contributed by atoms with E-state index in [2.05, 4.69) is 10.5 Å². The van der Waals surface area contributed by atoms with Gasteiger partial charge in [0.2, 0.25) is 11.8 Å². The van der Waals surface area contributed by atoms with Crippen LogP contribution in [0.5, 0.6) is 0 Å². The molecule has 0 aliphatic carbocycles. The maximum Gasteiger partial charge on any atom is 0.227 e. The average Bonchev–Trinajstić information content (AvgIpc) is 3.34. The molecule has 1 aliphatic rings. The molecule has 0 radical (unpaired) electrons. The van der Waals surface area contributed by atoms with E-state index < -0.39 is 5.92 Å². The Balaban J connectivity index is 1.35. The largest absolute Gasteiger partial charge is 0.356 e. The van der Waals surface area contributed by atoms with Crippen LogP contribution in [0.4, 0.5) is 10.1 Å². The zero-order valence-electron chi connectivity index (χ0n) is 15.0. The molecule has 0 saturated carbocycles. The van der Waals surface area contributed by atoms with Gasteiger partial charge in [0.15, 0.2) is 5.76 Å². The number of benzene rings is 2. The van der Waals surface area contributed by atoms with Crippen LogP contribution in [0, 0.1) is 11.7 Å². The van der Waals surface area contributed by atoms with E-state index in [1.54, 1.807) is 6.07 Å². The third-order valence-corrected chi connectivity index (χ3v) is 4.70. The lowest BCUT2D eigenvalue weighted by atomic mass is 10.1. The topological polar surface area (TPSA) is 75.4 Å². The van der Waals surface area contributed by atoms with Crippen LogP contribution in [0.15, 0.2) is 65.2 Å². The minimum Gasteiger partial charge on any atom is -0.356 e. The third kappa shape index (κ3) is 3.78. The minimum absolute atomic E-state index is 0.122. The van der Waals surface area contributed by atoms with E-state index in [9.17, 15) is 14.0 Å². The Hall–Kier alpha value is -3.48. The molecule has 6 nitrogen and oxygen atoms in total. The van der Waals surface area contributed by atoms with Gasteiger partial charge in [-0.2, -0.15) is 0 Å². The fraction of sp³-hybridized carbons (Fsp3) is 0.190. The second kappa shape index (κ2) is 7.64. The van der Waals surface area contributed by atoms with Crippen molar-refractivity contribution in [2.45, 2.75) is 13.0 Å². The Morgan fingerprint density at radius 3 is 2.68 bits per heavy atom. The zero-order valence-corrected chi connectivity index (χ0v) is 15.0. The molecular weight excluding hydrogens is 361 g/mol. The smallest absolute Gasteiger partial charge is 0.227 e. The number of halogens is 1. The summed E-state index contributed by atoms with van der Waals surface area (Å²) >= 11 is 0. The highest BCUT2D eigenvalue weighted by Gasteiger charge is 2.35. The van der Waals surface area contributed by atoms with Crippen LogP contribution in [0.25, 0.3) is 11.3 Å². The van der Waals surface area contributed by atoms with Crippen LogP contribution >= 0.6 is 0 Å². The van der Waals surface area contributed by atoms with Crippen molar-refractivity contribution < 1.29 is 18.5 Å². The average molecular weight is 379 g/mol. The van der Waals surface area contributed by atoms with Gasteiger partial charge in [-0.1, -0.05) is 35.5 Å². The molecule has 7 heteroatoms. The Morgan fingerprint density at radius 2 is 1.93 bits per heavy atom. The number of carbonyl (C=O) groups is 2. The van der Waals surface area contributed by atoms with E-state index in [0.717, 1.165) is 5.56 Å². The van der Waals surface area contributed by atoms with Gasteiger partial charge in [0.1, 0.15) is 11.5 Å².